The van der Waals surface area contributed by atoms with Gasteiger partial charge in [0, 0.05) is 5.41 Å². The molecule has 4 aliphatic rings. The molecule has 2 N–H and O–H groups in total. The van der Waals surface area contributed by atoms with Gasteiger partial charge in [0.25, 0.3) is 0 Å². The third-order valence-corrected chi connectivity index (χ3v) is 6.71. The van der Waals surface area contributed by atoms with E-state index in [4.69, 9.17) is 4.74 Å². The van der Waals surface area contributed by atoms with Crippen molar-refractivity contribution in [3.05, 3.63) is 12.2 Å². The summed E-state index contributed by atoms with van der Waals surface area (Å²) in [4.78, 5) is 11.5. The largest absolute Gasteiger partial charge is 0.481 e. The van der Waals surface area contributed by atoms with E-state index >= 15 is 0 Å². The van der Waals surface area contributed by atoms with E-state index in [0.717, 1.165) is 18.4 Å². The van der Waals surface area contributed by atoms with Crippen LogP contribution in [0.15, 0.2) is 12.2 Å². The molecule has 0 aromatic rings. The van der Waals surface area contributed by atoms with Gasteiger partial charge in [-0.15, -0.1) is 0 Å². The third kappa shape index (κ3) is 1.02. The molecule has 0 aromatic carbocycles. The summed E-state index contributed by atoms with van der Waals surface area (Å²) in [7, 11) is 0. The van der Waals surface area contributed by atoms with Crippen molar-refractivity contribution < 1.29 is 19.7 Å². The lowest BCUT2D eigenvalue weighted by Gasteiger charge is -2.35. The number of carboxylic acids is 1. The lowest BCUT2D eigenvalue weighted by atomic mass is 9.69. The highest BCUT2D eigenvalue weighted by molar-refractivity contribution is 5.75. The average Bonchev–Trinajstić information content (AvgIpc) is 2.85. The number of aliphatic carboxylic acids is 1. The molecule has 0 aromatic heterocycles. The number of carbonyl (C=O) groups is 1. The van der Waals surface area contributed by atoms with Crippen molar-refractivity contribution in [2.45, 2.75) is 50.9 Å². The van der Waals surface area contributed by atoms with Crippen LogP contribution in [-0.4, -0.2) is 34.0 Å². The van der Waals surface area contributed by atoms with Gasteiger partial charge in [0.2, 0.25) is 0 Å². The quantitative estimate of drug-likeness (QED) is 0.557. The Balaban J connectivity index is 1.75. The van der Waals surface area contributed by atoms with Gasteiger partial charge in [0.1, 0.15) is 17.8 Å². The summed E-state index contributed by atoms with van der Waals surface area (Å²) in [5, 5.41) is 19.6. The van der Waals surface area contributed by atoms with Crippen molar-refractivity contribution in [3.63, 3.8) is 0 Å². The number of hydrogen-bond donors (Lipinski definition) is 2. The van der Waals surface area contributed by atoms with Crippen LogP contribution in [0.25, 0.3) is 0 Å². The Bertz CT molecular complexity index is 514. The molecule has 1 aliphatic heterocycles. The number of fused-ring (bicyclic) bond motifs is 2. The minimum atomic E-state index is -0.697. The van der Waals surface area contributed by atoms with Crippen molar-refractivity contribution in [2.24, 2.45) is 22.7 Å². The van der Waals surface area contributed by atoms with E-state index in [2.05, 4.69) is 13.5 Å². The van der Waals surface area contributed by atoms with Gasteiger partial charge in [-0.1, -0.05) is 13.5 Å². The van der Waals surface area contributed by atoms with Crippen molar-refractivity contribution >= 4 is 5.97 Å². The third-order valence-electron chi connectivity index (χ3n) is 6.71. The monoisotopic (exact) mass is 264 g/mol. The van der Waals surface area contributed by atoms with Crippen molar-refractivity contribution in [1.82, 2.24) is 0 Å². The number of carboxylic acid groups (broad SMARTS) is 1. The van der Waals surface area contributed by atoms with Crippen LogP contribution >= 0.6 is 0 Å². The van der Waals surface area contributed by atoms with Gasteiger partial charge in [0.15, 0.2) is 0 Å². The number of hydrogen-bond acceptors (Lipinski definition) is 3. The minimum absolute atomic E-state index is 0.0910. The second kappa shape index (κ2) is 2.91. The predicted octanol–water partition coefficient (Wildman–Crippen LogP) is 1.58. The summed E-state index contributed by atoms with van der Waals surface area (Å²) in [6, 6.07) is 0. The van der Waals surface area contributed by atoms with E-state index in [0.29, 0.717) is 12.3 Å². The molecule has 7 atom stereocenters. The van der Waals surface area contributed by atoms with Crippen molar-refractivity contribution in [3.8, 4) is 0 Å². The summed E-state index contributed by atoms with van der Waals surface area (Å²) in [6.07, 6.45) is 1.63. The van der Waals surface area contributed by atoms with Crippen LogP contribution < -0.4 is 0 Å². The molecule has 1 spiro atoms. The Labute approximate surface area is 112 Å². The molecule has 104 valence electrons. The number of rotatable bonds is 1. The van der Waals surface area contributed by atoms with E-state index in [1.807, 2.05) is 6.92 Å². The SMILES string of the molecule is C=C1C(O)C2OC23CC2CC(C)(C(=O)O)CC2C13C. The van der Waals surface area contributed by atoms with E-state index in [1.165, 1.54) is 0 Å². The molecule has 3 saturated carbocycles. The van der Waals surface area contributed by atoms with Gasteiger partial charge in [-0.05, 0) is 43.6 Å². The van der Waals surface area contributed by atoms with Gasteiger partial charge in [-0.2, -0.15) is 0 Å². The Morgan fingerprint density at radius 2 is 2.05 bits per heavy atom. The number of aliphatic hydroxyl groups excluding tert-OH is 1. The fourth-order valence-corrected chi connectivity index (χ4v) is 5.53. The fraction of sp³-hybridized carbons (Fsp3) is 0.800. The van der Waals surface area contributed by atoms with Crippen LogP contribution in [0.2, 0.25) is 0 Å². The lowest BCUT2D eigenvalue weighted by Crippen LogP contribution is -2.37. The first kappa shape index (κ1) is 11.9. The molecule has 0 radical (unpaired) electrons. The maximum Gasteiger partial charge on any atom is 0.309 e. The standard InChI is InChI=1S/C15H20O4/c1-7-10(16)11-15(19-11)5-8-4-13(2,12(17)18)6-9(8)14(7,15)3/h8-11,16H,1,4-6H2,2-3H3,(H,17,18). The average molecular weight is 264 g/mol. The first-order valence-electron chi connectivity index (χ1n) is 7.05. The van der Waals surface area contributed by atoms with Gasteiger partial charge >= 0.3 is 5.97 Å². The van der Waals surface area contributed by atoms with Crippen LogP contribution in [0, 0.1) is 22.7 Å². The van der Waals surface area contributed by atoms with Gasteiger partial charge in [-0.3, -0.25) is 4.79 Å². The van der Waals surface area contributed by atoms with E-state index in [1.54, 1.807) is 0 Å². The molecule has 3 aliphatic carbocycles. The predicted molar refractivity (Wildman–Crippen MR) is 67.4 cm³/mol. The van der Waals surface area contributed by atoms with Crippen LogP contribution in [0.4, 0.5) is 0 Å². The molecular formula is C15H20O4. The maximum absolute atomic E-state index is 11.5. The number of aliphatic hydroxyl groups is 1. The summed E-state index contributed by atoms with van der Waals surface area (Å²) >= 11 is 0. The van der Waals surface area contributed by atoms with E-state index in [-0.39, 0.29) is 23.0 Å². The molecule has 4 heteroatoms. The van der Waals surface area contributed by atoms with Crippen LogP contribution in [0.1, 0.15) is 33.1 Å². The Kier molecular flexibility index (Phi) is 1.83. The van der Waals surface area contributed by atoms with Crippen LogP contribution in [-0.2, 0) is 9.53 Å². The highest BCUT2D eigenvalue weighted by Crippen LogP contribution is 2.77. The van der Waals surface area contributed by atoms with Gasteiger partial charge in [-0.25, -0.2) is 0 Å². The second-order valence-corrected chi connectivity index (χ2v) is 7.45. The van der Waals surface area contributed by atoms with Crippen LogP contribution in [0.3, 0.4) is 0 Å². The smallest absolute Gasteiger partial charge is 0.309 e. The number of epoxide rings is 1. The van der Waals surface area contributed by atoms with Crippen molar-refractivity contribution in [1.29, 1.82) is 0 Å². The molecule has 19 heavy (non-hydrogen) atoms. The van der Waals surface area contributed by atoms with Gasteiger partial charge < -0.3 is 14.9 Å². The molecule has 1 heterocycles. The molecule has 4 nitrogen and oxygen atoms in total. The molecular weight excluding hydrogens is 244 g/mol. The molecule has 0 bridgehead atoms. The van der Waals surface area contributed by atoms with Crippen LogP contribution in [0.5, 0.6) is 0 Å². The molecule has 4 fully saturated rings. The summed E-state index contributed by atoms with van der Waals surface area (Å²) in [6.45, 7) is 8.08. The zero-order valence-electron chi connectivity index (χ0n) is 11.3. The normalized spacial score (nSPS) is 61.7. The molecule has 0 amide bonds. The highest BCUT2D eigenvalue weighted by Gasteiger charge is 2.83. The Hall–Kier alpha value is -0.870. The minimum Gasteiger partial charge on any atom is -0.481 e. The Morgan fingerprint density at radius 3 is 2.68 bits per heavy atom. The van der Waals surface area contributed by atoms with Crippen molar-refractivity contribution in [2.75, 3.05) is 0 Å². The molecule has 4 rings (SSSR count). The molecule has 1 saturated heterocycles. The lowest BCUT2D eigenvalue weighted by molar-refractivity contribution is -0.148. The maximum atomic E-state index is 11.5. The topological polar surface area (TPSA) is 70.1 Å². The zero-order chi connectivity index (χ0) is 13.8. The second-order valence-electron chi connectivity index (χ2n) is 7.45. The first-order chi connectivity index (χ1) is 8.76. The fourth-order valence-electron chi connectivity index (χ4n) is 5.53. The summed E-state index contributed by atoms with van der Waals surface area (Å²) in [5.74, 6) is -0.0272. The van der Waals surface area contributed by atoms with E-state index in [9.17, 15) is 15.0 Å². The van der Waals surface area contributed by atoms with E-state index < -0.39 is 17.5 Å². The highest BCUT2D eigenvalue weighted by atomic mass is 16.6. The zero-order valence-corrected chi connectivity index (χ0v) is 11.3. The summed E-state index contributed by atoms with van der Waals surface area (Å²) in [5.41, 5.74) is -0.239. The first-order valence-corrected chi connectivity index (χ1v) is 7.05. The number of ether oxygens (including phenoxy) is 1. The molecule has 7 unspecified atom stereocenters. The van der Waals surface area contributed by atoms with Gasteiger partial charge in [0.05, 0.1) is 5.41 Å². The summed E-state index contributed by atoms with van der Waals surface area (Å²) < 4.78 is 5.86. The Morgan fingerprint density at radius 1 is 1.37 bits per heavy atom.